The first-order valence-corrected chi connectivity index (χ1v) is 8.78. The molecule has 0 fully saturated rings. The van der Waals surface area contributed by atoms with Gasteiger partial charge in [0.15, 0.2) is 6.10 Å². The molecule has 1 atom stereocenters. The summed E-state index contributed by atoms with van der Waals surface area (Å²) in [7, 11) is 0. The molecule has 10 nitrogen and oxygen atoms in total. The van der Waals surface area contributed by atoms with Crippen LogP contribution < -0.4 is 10.6 Å². The summed E-state index contributed by atoms with van der Waals surface area (Å²) in [5, 5.41) is 16.0. The predicted molar refractivity (Wildman–Crippen MR) is 103 cm³/mol. The van der Waals surface area contributed by atoms with Gasteiger partial charge in [-0.25, -0.2) is 4.98 Å². The molecule has 0 saturated heterocycles. The molecule has 11 heteroatoms. The van der Waals surface area contributed by atoms with E-state index in [-0.39, 0.29) is 30.0 Å². The number of esters is 1. The number of hydrogen-bond acceptors (Lipinski definition) is 7. The average molecular weight is 421 g/mol. The maximum Gasteiger partial charge on any atom is 0.308 e. The summed E-state index contributed by atoms with van der Waals surface area (Å²) in [6.07, 6.45) is 0.141. The van der Waals surface area contributed by atoms with E-state index in [1.807, 2.05) is 0 Å². The zero-order valence-electron chi connectivity index (χ0n) is 15.3. The van der Waals surface area contributed by atoms with Crippen molar-refractivity contribution in [3.63, 3.8) is 0 Å². The molecule has 2 amide bonds. The van der Waals surface area contributed by atoms with Crippen LogP contribution >= 0.6 is 11.6 Å². The molecule has 152 valence electrons. The second-order valence-corrected chi connectivity index (χ2v) is 6.23. The molecule has 0 saturated carbocycles. The first-order chi connectivity index (χ1) is 13.8. The number of ether oxygens (including phenoxy) is 1. The second-order valence-electron chi connectivity index (χ2n) is 5.79. The lowest BCUT2D eigenvalue weighted by Crippen LogP contribution is -2.32. The summed E-state index contributed by atoms with van der Waals surface area (Å²) in [6.45, 7) is 1.38. The van der Waals surface area contributed by atoms with Crippen molar-refractivity contribution in [2.24, 2.45) is 0 Å². The van der Waals surface area contributed by atoms with Crippen molar-refractivity contribution < 1.29 is 24.0 Å². The van der Waals surface area contributed by atoms with Crippen LogP contribution in [0.2, 0.25) is 5.02 Å². The fourth-order valence-corrected chi connectivity index (χ4v) is 2.21. The van der Waals surface area contributed by atoms with Gasteiger partial charge in [0.1, 0.15) is 5.82 Å². The van der Waals surface area contributed by atoms with Crippen LogP contribution in [0.25, 0.3) is 0 Å². The van der Waals surface area contributed by atoms with E-state index in [4.69, 9.17) is 16.3 Å². The maximum absolute atomic E-state index is 12.0. The van der Waals surface area contributed by atoms with E-state index in [1.54, 1.807) is 6.07 Å². The minimum Gasteiger partial charge on any atom is -0.452 e. The Kier molecular flexibility index (Phi) is 7.61. The van der Waals surface area contributed by atoms with E-state index in [1.165, 1.54) is 43.5 Å². The number of pyridine rings is 1. The number of nitrogens with zero attached hydrogens (tertiary/aromatic N) is 2. The third-order valence-electron chi connectivity index (χ3n) is 3.61. The molecule has 0 bridgehead atoms. The van der Waals surface area contributed by atoms with Crippen LogP contribution in [0, 0.1) is 10.1 Å². The van der Waals surface area contributed by atoms with Gasteiger partial charge in [-0.05, 0) is 31.2 Å². The highest BCUT2D eigenvalue weighted by atomic mass is 35.5. The number of aromatic nitrogens is 1. The number of hydrogen-bond donors (Lipinski definition) is 2. The van der Waals surface area contributed by atoms with Gasteiger partial charge in [0.05, 0.1) is 16.4 Å². The maximum atomic E-state index is 12.0. The molecule has 1 aromatic heterocycles. The van der Waals surface area contributed by atoms with Crippen molar-refractivity contribution in [3.05, 3.63) is 63.3 Å². The lowest BCUT2D eigenvalue weighted by atomic mass is 10.2. The minimum absolute atomic E-state index is 0.0261. The van der Waals surface area contributed by atoms with Crippen LogP contribution in [0.3, 0.4) is 0 Å². The molecule has 2 rings (SSSR count). The molecule has 1 aromatic carbocycles. The zero-order valence-corrected chi connectivity index (χ0v) is 16.0. The van der Waals surface area contributed by atoms with Gasteiger partial charge in [0, 0.05) is 30.4 Å². The van der Waals surface area contributed by atoms with Crippen LogP contribution in [0.5, 0.6) is 0 Å². The number of nitro benzene ring substituents is 1. The number of non-ortho nitro benzene ring substituents is 1. The first-order valence-electron chi connectivity index (χ1n) is 8.41. The first kappa shape index (κ1) is 21.8. The third kappa shape index (κ3) is 6.85. The van der Waals surface area contributed by atoms with Crippen molar-refractivity contribution in [1.82, 2.24) is 10.3 Å². The van der Waals surface area contributed by atoms with Crippen LogP contribution in [0.4, 0.5) is 11.5 Å². The van der Waals surface area contributed by atoms with E-state index in [2.05, 4.69) is 15.6 Å². The Morgan fingerprint density at radius 1 is 1.21 bits per heavy atom. The highest BCUT2D eigenvalue weighted by Crippen LogP contribution is 2.12. The smallest absolute Gasteiger partial charge is 0.308 e. The Balaban J connectivity index is 1.74. The largest absolute Gasteiger partial charge is 0.452 e. The number of benzene rings is 1. The highest BCUT2D eigenvalue weighted by molar-refractivity contribution is 6.30. The highest BCUT2D eigenvalue weighted by Gasteiger charge is 2.18. The molecule has 1 heterocycles. The zero-order chi connectivity index (χ0) is 21.4. The van der Waals surface area contributed by atoms with E-state index < -0.39 is 28.8 Å². The Labute approximate surface area is 170 Å². The molecule has 2 aromatic rings. The summed E-state index contributed by atoms with van der Waals surface area (Å²) in [6, 6.07) is 8.08. The van der Waals surface area contributed by atoms with Gasteiger partial charge in [-0.2, -0.15) is 0 Å². The fourth-order valence-electron chi connectivity index (χ4n) is 2.10. The molecule has 29 heavy (non-hydrogen) atoms. The van der Waals surface area contributed by atoms with Crippen LogP contribution in [0.15, 0.2) is 42.6 Å². The monoisotopic (exact) mass is 420 g/mol. The van der Waals surface area contributed by atoms with Gasteiger partial charge in [-0.1, -0.05) is 11.6 Å². The summed E-state index contributed by atoms with van der Waals surface area (Å²) < 4.78 is 5.01. The number of nitro groups is 1. The molecule has 1 unspecified atom stereocenters. The molecule has 0 aliphatic carbocycles. The van der Waals surface area contributed by atoms with Gasteiger partial charge in [-0.15, -0.1) is 0 Å². The molecule has 0 aliphatic rings. The molecular formula is C18H17ClN4O6. The Morgan fingerprint density at radius 2 is 1.90 bits per heavy atom. The van der Waals surface area contributed by atoms with Crippen molar-refractivity contribution in [3.8, 4) is 0 Å². The van der Waals surface area contributed by atoms with Gasteiger partial charge >= 0.3 is 5.97 Å². The molecule has 0 radical (unpaired) electrons. The summed E-state index contributed by atoms with van der Waals surface area (Å²) in [4.78, 5) is 49.7. The number of amides is 2. The van der Waals surface area contributed by atoms with E-state index in [9.17, 15) is 24.5 Å². The number of halogens is 1. The molecular weight excluding hydrogens is 404 g/mol. The summed E-state index contributed by atoms with van der Waals surface area (Å²) in [5.74, 6) is -1.48. The normalized spacial score (nSPS) is 11.2. The molecule has 0 spiro atoms. The lowest BCUT2D eigenvalue weighted by molar-refractivity contribution is -0.384. The summed E-state index contributed by atoms with van der Waals surface area (Å²) in [5.41, 5.74) is 0.0818. The van der Waals surface area contributed by atoms with E-state index >= 15 is 0 Å². The van der Waals surface area contributed by atoms with Gasteiger partial charge in [0.2, 0.25) is 0 Å². The van der Waals surface area contributed by atoms with Crippen LogP contribution in [-0.2, 0) is 14.3 Å². The van der Waals surface area contributed by atoms with Crippen LogP contribution in [-0.4, -0.2) is 40.3 Å². The fraction of sp³-hybridized carbons (Fsp3) is 0.222. The number of nitrogens with one attached hydrogen (secondary N) is 2. The van der Waals surface area contributed by atoms with Crippen molar-refractivity contribution in [2.45, 2.75) is 19.4 Å². The summed E-state index contributed by atoms with van der Waals surface area (Å²) >= 11 is 5.71. The Morgan fingerprint density at radius 3 is 2.48 bits per heavy atom. The number of carbonyl (C=O) groups excluding carboxylic acids is 3. The van der Waals surface area contributed by atoms with Crippen molar-refractivity contribution in [2.75, 3.05) is 11.9 Å². The van der Waals surface area contributed by atoms with E-state index in [0.29, 0.717) is 5.02 Å². The minimum atomic E-state index is -1.06. The molecule has 2 N–H and O–H groups in total. The van der Waals surface area contributed by atoms with Gasteiger partial charge in [0.25, 0.3) is 17.5 Å². The quantitative estimate of drug-likeness (QED) is 0.379. The SMILES string of the molecule is CC(OC(=O)CCNC(=O)c1ccc([N+](=O)[O-])cc1)C(=O)Nc1ccc(Cl)cn1. The van der Waals surface area contributed by atoms with E-state index in [0.717, 1.165) is 0 Å². The molecule has 0 aliphatic heterocycles. The predicted octanol–water partition coefficient (Wildman–Crippen LogP) is 2.33. The standard InChI is InChI=1S/C18H17ClN4O6/c1-11(17(25)22-15-7-4-13(19)10-21-15)29-16(24)8-9-20-18(26)12-2-5-14(6-3-12)23(27)28/h2-7,10-11H,8-9H2,1H3,(H,20,26)(H,21,22,25). The second kappa shape index (κ2) is 10.1. The lowest BCUT2D eigenvalue weighted by Gasteiger charge is -2.13. The van der Waals surface area contributed by atoms with Crippen molar-refractivity contribution >= 4 is 40.9 Å². The average Bonchev–Trinajstić information content (AvgIpc) is 2.69. The van der Waals surface area contributed by atoms with Gasteiger partial charge < -0.3 is 15.4 Å². The third-order valence-corrected chi connectivity index (χ3v) is 3.83. The Bertz CT molecular complexity index is 902. The number of carbonyl (C=O) groups is 3. The number of anilines is 1. The number of rotatable bonds is 8. The van der Waals surface area contributed by atoms with Crippen LogP contribution in [0.1, 0.15) is 23.7 Å². The topological polar surface area (TPSA) is 141 Å². The Hall–Kier alpha value is -3.53. The van der Waals surface area contributed by atoms with Crippen molar-refractivity contribution in [1.29, 1.82) is 0 Å². The van der Waals surface area contributed by atoms with Gasteiger partial charge in [-0.3, -0.25) is 24.5 Å².